The summed E-state index contributed by atoms with van der Waals surface area (Å²) in [7, 11) is -3.98. The number of sulfonamides is 1. The lowest BCUT2D eigenvalue weighted by atomic mass is 10.2. The van der Waals surface area contributed by atoms with E-state index in [0.717, 1.165) is 5.56 Å². The molecule has 0 N–H and O–H groups in total. The van der Waals surface area contributed by atoms with Gasteiger partial charge in [0.15, 0.2) is 6.10 Å². The minimum Gasteiger partial charge on any atom is -0.444 e. The van der Waals surface area contributed by atoms with Crippen LogP contribution < -0.4 is 4.31 Å². The van der Waals surface area contributed by atoms with Crippen molar-refractivity contribution in [2.75, 3.05) is 4.31 Å². The number of para-hydroxylation sites is 1. The maximum atomic E-state index is 13.5. The number of benzene rings is 3. The van der Waals surface area contributed by atoms with E-state index in [9.17, 15) is 13.2 Å². The van der Waals surface area contributed by atoms with Crippen LogP contribution in [0, 0.1) is 11.3 Å². The summed E-state index contributed by atoms with van der Waals surface area (Å²) in [6.07, 6.45) is -0.934. The van der Waals surface area contributed by atoms with E-state index in [4.69, 9.17) is 10.00 Å². The van der Waals surface area contributed by atoms with Gasteiger partial charge in [-0.15, -0.1) is 0 Å². The fourth-order valence-corrected chi connectivity index (χ4v) is 4.32. The fraction of sp³-hybridized carbons (Fsp3) is 0.130. The molecule has 0 bridgehead atoms. The molecule has 0 saturated carbocycles. The average Bonchev–Trinajstić information content (AvgIpc) is 2.78. The second-order valence-corrected chi connectivity index (χ2v) is 8.40. The molecule has 0 saturated heterocycles. The van der Waals surface area contributed by atoms with Crippen LogP contribution in [0.15, 0.2) is 89.8 Å². The third kappa shape index (κ3) is 4.85. The Morgan fingerprint density at radius 2 is 1.63 bits per heavy atom. The van der Waals surface area contributed by atoms with Crippen molar-refractivity contribution in [2.24, 2.45) is 0 Å². The van der Waals surface area contributed by atoms with Crippen LogP contribution in [-0.4, -0.2) is 20.5 Å². The number of esters is 1. The summed E-state index contributed by atoms with van der Waals surface area (Å²) in [4.78, 5) is 12.2. The first-order chi connectivity index (χ1) is 14.4. The highest BCUT2D eigenvalue weighted by Gasteiger charge is 2.26. The molecule has 1 atom stereocenters. The van der Waals surface area contributed by atoms with Gasteiger partial charge in [-0.2, -0.15) is 5.26 Å². The predicted molar refractivity (Wildman–Crippen MR) is 113 cm³/mol. The summed E-state index contributed by atoms with van der Waals surface area (Å²) in [6, 6.07) is 25.5. The molecule has 6 nitrogen and oxygen atoms in total. The average molecular weight is 420 g/mol. The van der Waals surface area contributed by atoms with Gasteiger partial charge in [0.2, 0.25) is 0 Å². The smallest absolute Gasteiger partial charge is 0.339 e. The summed E-state index contributed by atoms with van der Waals surface area (Å²) < 4.78 is 33.3. The van der Waals surface area contributed by atoms with E-state index in [0.29, 0.717) is 5.69 Å². The largest absolute Gasteiger partial charge is 0.444 e. The molecule has 0 unspecified atom stereocenters. The van der Waals surface area contributed by atoms with Crippen LogP contribution in [0.1, 0.15) is 22.8 Å². The maximum absolute atomic E-state index is 13.5. The zero-order valence-electron chi connectivity index (χ0n) is 16.3. The van der Waals surface area contributed by atoms with Crippen molar-refractivity contribution in [1.82, 2.24) is 0 Å². The quantitative estimate of drug-likeness (QED) is 0.536. The summed E-state index contributed by atoms with van der Waals surface area (Å²) in [5, 5.41) is 8.82. The molecular weight excluding hydrogens is 400 g/mol. The summed E-state index contributed by atoms with van der Waals surface area (Å²) in [5.74, 6) is -0.754. The molecule has 0 spiro atoms. The van der Waals surface area contributed by atoms with E-state index < -0.39 is 22.1 Å². The van der Waals surface area contributed by atoms with E-state index in [2.05, 4.69) is 0 Å². The second kappa shape index (κ2) is 9.25. The number of nitriles is 1. The molecule has 152 valence electrons. The maximum Gasteiger partial charge on any atom is 0.339 e. The van der Waals surface area contributed by atoms with Crippen LogP contribution in [0.5, 0.6) is 0 Å². The molecular formula is C23H20N2O4S. The Bertz CT molecular complexity index is 1160. The van der Waals surface area contributed by atoms with Gasteiger partial charge in [0, 0.05) is 0 Å². The number of hydrogen-bond acceptors (Lipinski definition) is 5. The minimum atomic E-state index is -3.98. The molecule has 3 aromatic carbocycles. The molecule has 3 rings (SSSR count). The standard InChI is InChI=1S/C23H20N2O4S/c1-18(16-24)29-23(26)20-11-8-14-22(15-20)30(27,28)25(21-12-6-3-7-13-21)17-19-9-4-2-5-10-19/h2-15,18H,17H2,1H3/t18-/m1/s1. The topological polar surface area (TPSA) is 87.5 Å². The Kier molecular flexibility index (Phi) is 6.50. The predicted octanol–water partition coefficient (Wildman–Crippen LogP) is 4.15. The number of carbonyl (C=O) groups is 1. The van der Waals surface area contributed by atoms with Gasteiger partial charge in [0.05, 0.1) is 22.7 Å². The Morgan fingerprint density at radius 1 is 1.00 bits per heavy atom. The Balaban J connectivity index is 2.00. The molecule has 0 aliphatic rings. The molecule has 0 radical (unpaired) electrons. The Morgan fingerprint density at radius 3 is 2.27 bits per heavy atom. The zero-order valence-corrected chi connectivity index (χ0v) is 17.1. The van der Waals surface area contributed by atoms with Crippen molar-refractivity contribution in [3.63, 3.8) is 0 Å². The van der Waals surface area contributed by atoms with Gasteiger partial charge in [0.1, 0.15) is 6.07 Å². The van der Waals surface area contributed by atoms with Gasteiger partial charge in [0.25, 0.3) is 10.0 Å². The van der Waals surface area contributed by atoms with Crippen LogP contribution >= 0.6 is 0 Å². The van der Waals surface area contributed by atoms with Crippen molar-refractivity contribution < 1.29 is 17.9 Å². The minimum absolute atomic E-state index is 0.0404. The van der Waals surface area contributed by atoms with E-state index >= 15 is 0 Å². The molecule has 0 heterocycles. The number of nitrogens with zero attached hydrogens (tertiary/aromatic N) is 2. The summed E-state index contributed by atoms with van der Waals surface area (Å²) in [5.41, 5.74) is 1.39. The first-order valence-electron chi connectivity index (χ1n) is 9.24. The molecule has 0 fully saturated rings. The number of rotatable bonds is 7. The van der Waals surface area contributed by atoms with Crippen LogP contribution in [0.25, 0.3) is 0 Å². The lowest BCUT2D eigenvalue weighted by molar-refractivity contribution is 0.0435. The van der Waals surface area contributed by atoms with Gasteiger partial charge < -0.3 is 4.74 Å². The number of carbonyl (C=O) groups excluding carboxylic acids is 1. The first kappa shape index (κ1) is 21.1. The Hall–Kier alpha value is -3.63. The molecule has 0 aromatic heterocycles. The lowest BCUT2D eigenvalue weighted by Gasteiger charge is -2.25. The molecule has 3 aromatic rings. The fourth-order valence-electron chi connectivity index (χ4n) is 2.82. The molecule has 7 heteroatoms. The summed E-state index contributed by atoms with van der Waals surface area (Å²) in [6.45, 7) is 1.57. The number of hydrogen-bond donors (Lipinski definition) is 0. The normalized spacial score (nSPS) is 11.9. The third-order valence-corrected chi connectivity index (χ3v) is 6.11. The van der Waals surface area contributed by atoms with E-state index in [1.807, 2.05) is 42.5 Å². The van der Waals surface area contributed by atoms with Gasteiger partial charge >= 0.3 is 5.97 Å². The van der Waals surface area contributed by atoms with Crippen molar-refractivity contribution in [2.45, 2.75) is 24.5 Å². The molecule has 0 aliphatic carbocycles. The lowest BCUT2D eigenvalue weighted by Crippen LogP contribution is -2.30. The van der Waals surface area contributed by atoms with Crippen molar-refractivity contribution in [3.05, 3.63) is 96.1 Å². The van der Waals surface area contributed by atoms with Crippen molar-refractivity contribution >= 4 is 21.7 Å². The SMILES string of the molecule is C[C@H](C#N)OC(=O)c1cccc(S(=O)(=O)N(Cc2ccccc2)c2ccccc2)c1. The first-order valence-corrected chi connectivity index (χ1v) is 10.7. The van der Waals surface area contributed by atoms with Crippen LogP contribution in [0.3, 0.4) is 0 Å². The van der Waals surface area contributed by atoms with Crippen LogP contribution in [-0.2, 0) is 21.3 Å². The van der Waals surface area contributed by atoms with E-state index in [1.165, 1.54) is 35.5 Å². The number of ether oxygens (including phenoxy) is 1. The van der Waals surface area contributed by atoms with Gasteiger partial charge in [-0.1, -0.05) is 54.6 Å². The van der Waals surface area contributed by atoms with Crippen LogP contribution in [0.4, 0.5) is 5.69 Å². The monoisotopic (exact) mass is 420 g/mol. The third-order valence-electron chi connectivity index (χ3n) is 4.34. The summed E-state index contributed by atoms with van der Waals surface area (Å²) >= 11 is 0. The molecule has 0 amide bonds. The number of anilines is 1. The molecule has 30 heavy (non-hydrogen) atoms. The van der Waals surface area contributed by atoms with Crippen molar-refractivity contribution in [3.8, 4) is 6.07 Å². The van der Waals surface area contributed by atoms with E-state index in [-0.39, 0.29) is 17.0 Å². The van der Waals surface area contributed by atoms with Crippen molar-refractivity contribution in [1.29, 1.82) is 5.26 Å². The van der Waals surface area contributed by atoms with Gasteiger partial charge in [-0.25, -0.2) is 13.2 Å². The Labute approximate surface area is 176 Å². The highest BCUT2D eigenvalue weighted by atomic mass is 32.2. The van der Waals surface area contributed by atoms with Gasteiger partial charge in [-0.05, 0) is 42.8 Å². The highest BCUT2D eigenvalue weighted by molar-refractivity contribution is 7.92. The van der Waals surface area contributed by atoms with E-state index in [1.54, 1.807) is 24.3 Å². The zero-order chi connectivity index (χ0) is 21.6. The molecule has 0 aliphatic heterocycles. The van der Waals surface area contributed by atoms with Crippen LogP contribution in [0.2, 0.25) is 0 Å². The second-order valence-electron chi connectivity index (χ2n) is 6.54. The highest BCUT2D eigenvalue weighted by Crippen LogP contribution is 2.26. The van der Waals surface area contributed by atoms with Gasteiger partial charge in [-0.3, -0.25) is 4.31 Å².